The van der Waals surface area contributed by atoms with Crippen molar-refractivity contribution in [3.05, 3.63) is 35.1 Å². The summed E-state index contributed by atoms with van der Waals surface area (Å²) in [5, 5.41) is 3.65. The summed E-state index contributed by atoms with van der Waals surface area (Å²) in [5.41, 5.74) is 1.75. The Morgan fingerprint density at radius 1 is 1.28 bits per heavy atom. The summed E-state index contributed by atoms with van der Waals surface area (Å²) >= 11 is 5.82. The van der Waals surface area contributed by atoms with Crippen molar-refractivity contribution in [2.45, 2.75) is 19.8 Å². The van der Waals surface area contributed by atoms with Crippen molar-refractivity contribution >= 4 is 17.4 Å². The fourth-order valence-corrected chi connectivity index (χ4v) is 1.74. The summed E-state index contributed by atoms with van der Waals surface area (Å²) in [6.45, 7) is 2.13. The number of nitrogens with one attached hydrogen (secondary N) is 1. The smallest absolute Gasteiger partial charge is 0.180 e. The van der Waals surface area contributed by atoms with Crippen LogP contribution in [0.5, 0.6) is 0 Å². The predicted octanol–water partition coefficient (Wildman–Crippen LogP) is 3.19. The van der Waals surface area contributed by atoms with E-state index >= 15 is 0 Å². The van der Waals surface area contributed by atoms with Crippen molar-refractivity contribution in [3.8, 4) is 11.5 Å². The van der Waals surface area contributed by atoms with Crippen LogP contribution >= 0.6 is 11.6 Å². The van der Waals surface area contributed by atoms with E-state index in [1.54, 1.807) is 12.3 Å². The zero-order valence-corrected chi connectivity index (χ0v) is 11.2. The van der Waals surface area contributed by atoms with E-state index in [9.17, 15) is 0 Å². The molecule has 1 N–H and O–H groups in total. The van der Waals surface area contributed by atoms with Crippen LogP contribution in [0.4, 0.5) is 5.82 Å². The first kappa shape index (κ1) is 12.8. The highest BCUT2D eigenvalue weighted by molar-refractivity contribution is 6.30. The molecule has 2 aromatic rings. The minimum Gasteiger partial charge on any atom is -0.373 e. The van der Waals surface area contributed by atoms with Crippen molar-refractivity contribution < 1.29 is 0 Å². The molecule has 4 nitrogen and oxygen atoms in total. The third-order valence-electron chi connectivity index (χ3n) is 2.50. The van der Waals surface area contributed by atoms with Gasteiger partial charge in [-0.2, -0.15) is 0 Å². The summed E-state index contributed by atoms with van der Waals surface area (Å²) in [6, 6.07) is 5.58. The highest BCUT2D eigenvalue weighted by Crippen LogP contribution is 2.18. The number of halogens is 1. The van der Waals surface area contributed by atoms with Gasteiger partial charge in [-0.05, 0) is 18.6 Å². The van der Waals surface area contributed by atoms with E-state index in [1.165, 1.54) is 0 Å². The molecule has 94 valence electrons. The highest BCUT2D eigenvalue weighted by Gasteiger charge is 2.07. The normalized spacial score (nSPS) is 10.4. The Balaban J connectivity index is 2.42. The predicted molar refractivity (Wildman–Crippen MR) is 73.8 cm³/mol. The molecule has 0 unspecified atom stereocenters. The molecule has 18 heavy (non-hydrogen) atoms. The average Bonchev–Trinajstić information content (AvgIpc) is 2.39. The van der Waals surface area contributed by atoms with E-state index in [0.29, 0.717) is 10.8 Å². The second-order valence-electron chi connectivity index (χ2n) is 3.93. The zero-order valence-electron chi connectivity index (χ0n) is 10.4. The van der Waals surface area contributed by atoms with Crippen LogP contribution in [0, 0.1) is 0 Å². The average molecular weight is 263 g/mol. The van der Waals surface area contributed by atoms with Gasteiger partial charge in [0.2, 0.25) is 0 Å². The molecule has 0 aromatic carbocycles. The summed E-state index contributed by atoms with van der Waals surface area (Å²) < 4.78 is 0. The Morgan fingerprint density at radius 2 is 2.11 bits per heavy atom. The molecule has 0 saturated carbocycles. The Hall–Kier alpha value is -1.68. The quantitative estimate of drug-likeness (QED) is 0.919. The molecule has 2 heterocycles. The molecule has 0 bridgehead atoms. The van der Waals surface area contributed by atoms with Gasteiger partial charge in [0.15, 0.2) is 5.82 Å². The van der Waals surface area contributed by atoms with Gasteiger partial charge in [-0.25, -0.2) is 9.97 Å². The summed E-state index contributed by atoms with van der Waals surface area (Å²) in [7, 11) is 1.84. The van der Waals surface area contributed by atoms with E-state index < -0.39 is 0 Å². The molecule has 0 aliphatic rings. The number of nitrogens with zero attached hydrogens (tertiary/aromatic N) is 3. The van der Waals surface area contributed by atoms with E-state index in [-0.39, 0.29) is 0 Å². The number of pyridine rings is 1. The Labute approximate surface area is 111 Å². The van der Waals surface area contributed by atoms with Crippen molar-refractivity contribution in [1.29, 1.82) is 0 Å². The van der Waals surface area contributed by atoms with Gasteiger partial charge in [-0.3, -0.25) is 4.98 Å². The second kappa shape index (κ2) is 5.78. The largest absolute Gasteiger partial charge is 0.373 e. The van der Waals surface area contributed by atoms with Crippen molar-refractivity contribution in [1.82, 2.24) is 15.0 Å². The molecular formula is C13H15ClN4. The SMILES string of the molecule is CCCc1cc(NC)nc(-c2ccc(Cl)cn2)n1. The van der Waals surface area contributed by atoms with E-state index in [1.807, 2.05) is 19.2 Å². The van der Waals surface area contributed by atoms with Gasteiger partial charge in [-0.15, -0.1) is 0 Å². The van der Waals surface area contributed by atoms with Gasteiger partial charge >= 0.3 is 0 Å². The van der Waals surface area contributed by atoms with Gasteiger partial charge < -0.3 is 5.32 Å². The number of hydrogen-bond donors (Lipinski definition) is 1. The maximum atomic E-state index is 5.82. The van der Waals surface area contributed by atoms with Crippen LogP contribution in [0.2, 0.25) is 5.02 Å². The van der Waals surface area contributed by atoms with Crippen LogP contribution in [0.15, 0.2) is 24.4 Å². The van der Waals surface area contributed by atoms with E-state index in [0.717, 1.165) is 30.0 Å². The van der Waals surface area contributed by atoms with Crippen LogP contribution < -0.4 is 5.32 Å². The molecule has 0 radical (unpaired) electrons. The molecule has 0 fully saturated rings. The first-order chi connectivity index (χ1) is 8.72. The fourth-order valence-electron chi connectivity index (χ4n) is 1.63. The lowest BCUT2D eigenvalue weighted by molar-refractivity contribution is 0.874. The lowest BCUT2D eigenvalue weighted by atomic mass is 10.2. The molecule has 5 heteroatoms. The number of aromatic nitrogens is 3. The second-order valence-corrected chi connectivity index (χ2v) is 4.37. The molecule has 0 aliphatic carbocycles. The Bertz CT molecular complexity index is 525. The first-order valence-electron chi connectivity index (χ1n) is 5.90. The van der Waals surface area contributed by atoms with Crippen molar-refractivity contribution in [2.75, 3.05) is 12.4 Å². The molecule has 0 spiro atoms. The lowest BCUT2D eigenvalue weighted by Gasteiger charge is -2.06. The van der Waals surface area contributed by atoms with Gasteiger partial charge in [0, 0.05) is 25.0 Å². The Morgan fingerprint density at radius 3 is 2.72 bits per heavy atom. The van der Waals surface area contributed by atoms with Crippen LogP contribution in [0.1, 0.15) is 19.0 Å². The highest BCUT2D eigenvalue weighted by atomic mass is 35.5. The zero-order chi connectivity index (χ0) is 13.0. The van der Waals surface area contributed by atoms with Crippen LogP contribution in [0.25, 0.3) is 11.5 Å². The molecule has 0 saturated heterocycles. The third kappa shape index (κ3) is 2.96. The van der Waals surface area contributed by atoms with Crippen LogP contribution in [-0.4, -0.2) is 22.0 Å². The molecule has 2 rings (SSSR count). The van der Waals surface area contributed by atoms with Gasteiger partial charge in [0.05, 0.1) is 5.02 Å². The lowest BCUT2D eigenvalue weighted by Crippen LogP contribution is -2.01. The first-order valence-corrected chi connectivity index (χ1v) is 6.28. The van der Waals surface area contributed by atoms with Gasteiger partial charge in [0.25, 0.3) is 0 Å². The van der Waals surface area contributed by atoms with Gasteiger partial charge in [-0.1, -0.05) is 24.9 Å². The van der Waals surface area contributed by atoms with Crippen molar-refractivity contribution in [2.24, 2.45) is 0 Å². The topological polar surface area (TPSA) is 50.7 Å². The van der Waals surface area contributed by atoms with E-state index in [2.05, 4.69) is 27.2 Å². The fraction of sp³-hybridized carbons (Fsp3) is 0.308. The maximum absolute atomic E-state index is 5.82. The molecule has 0 aliphatic heterocycles. The van der Waals surface area contributed by atoms with Crippen LogP contribution in [-0.2, 0) is 6.42 Å². The summed E-state index contributed by atoms with van der Waals surface area (Å²) in [5.74, 6) is 1.43. The molecule has 2 aromatic heterocycles. The third-order valence-corrected chi connectivity index (χ3v) is 2.72. The minimum atomic E-state index is 0.609. The number of aryl methyl sites for hydroxylation is 1. The Kier molecular flexibility index (Phi) is 4.10. The van der Waals surface area contributed by atoms with Gasteiger partial charge in [0.1, 0.15) is 11.5 Å². The molecule has 0 atom stereocenters. The maximum Gasteiger partial charge on any atom is 0.180 e. The summed E-state index contributed by atoms with van der Waals surface area (Å²) in [4.78, 5) is 13.2. The van der Waals surface area contributed by atoms with Crippen LogP contribution in [0.3, 0.4) is 0 Å². The number of hydrogen-bond acceptors (Lipinski definition) is 4. The monoisotopic (exact) mass is 262 g/mol. The van der Waals surface area contributed by atoms with Crippen molar-refractivity contribution in [3.63, 3.8) is 0 Å². The number of rotatable bonds is 4. The number of anilines is 1. The summed E-state index contributed by atoms with van der Waals surface area (Å²) in [6.07, 6.45) is 3.58. The minimum absolute atomic E-state index is 0.609. The van der Waals surface area contributed by atoms with E-state index in [4.69, 9.17) is 11.6 Å². The molecular weight excluding hydrogens is 248 g/mol. The molecule has 0 amide bonds. The standard InChI is InChI=1S/C13H15ClN4/c1-3-4-10-7-12(15-2)18-13(17-10)11-6-5-9(14)8-16-11/h5-8H,3-4H2,1-2H3,(H,15,17,18).